The van der Waals surface area contributed by atoms with Crippen molar-refractivity contribution in [3.05, 3.63) is 30.5 Å². The molecule has 1 aliphatic heterocycles. The second-order valence-corrected chi connectivity index (χ2v) is 5.42. The van der Waals surface area contributed by atoms with Crippen LogP contribution >= 0.6 is 0 Å². The third kappa shape index (κ3) is 2.86. The first-order valence-electron chi connectivity index (χ1n) is 7.61. The Morgan fingerprint density at radius 2 is 2.05 bits per heavy atom. The molecule has 0 N–H and O–H groups in total. The molecule has 0 unspecified atom stereocenters. The summed E-state index contributed by atoms with van der Waals surface area (Å²) in [7, 11) is 0. The fraction of sp³-hybridized carbons (Fsp3) is 0.562. The van der Waals surface area contributed by atoms with Crippen molar-refractivity contribution in [2.75, 3.05) is 32.8 Å². The van der Waals surface area contributed by atoms with E-state index in [-0.39, 0.29) is 0 Å². The minimum absolute atomic E-state index is 0.540. The van der Waals surface area contributed by atoms with Crippen molar-refractivity contribution in [2.24, 2.45) is 0 Å². The van der Waals surface area contributed by atoms with E-state index in [1.165, 1.54) is 23.7 Å². The Kier molecular flexibility index (Phi) is 4.33. The molecule has 0 bridgehead atoms. The highest BCUT2D eigenvalue weighted by Gasteiger charge is 2.21. The summed E-state index contributed by atoms with van der Waals surface area (Å²) in [6, 6.07) is 9.01. The van der Waals surface area contributed by atoms with Crippen LogP contribution in [-0.4, -0.2) is 47.5 Å². The summed E-state index contributed by atoms with van der Waals surface area (Å²) in [5, 5.41) is 5.83. The van der Waals surface area contributed by atoms with Gasteiger partial charge in [-0.1, -0.05) is 18.2 Å². The SMILES string of the molecule is CCOCCN1CCC(n2ncc3ccccc32)CC1. The third-order valence-electron chi connectivity index (χ3n) is 4.16. The number of fused-ring (bicyclic) bond motifs is 1. The van der Waals surface area contributed by atoms with Crippen molar-refractivity contribution in [1.29, 1.82) is 0 Å². The quantitative estimate of drug-likeness (QED) is 0.785. The summed E-state index contributed by atoms with van der Waals surface area (Å²) in [6.45, 7) is 7.06. The van der Waals surface area contributed by atoms with Gasteiger partial charge in [0.15, 0.2) is 0 Å². The zero-order valence-electron chi connectivity index (χ0n) is 12.2. The maximum atomic E-state index is 5.43. The van der Waals surface area contributed by atoms with E-state index in [0.717, 1.165) is 32.8 Å². The number of piperidine rings is 1. The van der Waals surface area contributed by atoms with E-state index < -0.39 is 0 Å². The predicted molar refractivity (Wildman–Crippen MR) is 80.9 cm³/mol. The third-order valence-corrected chi connectivity index (χ3v) is 4.16. The molecule has 1 aromatic carbocycles. The fourth-order valence-electron chi connectivity index (χ4n) is 3.01. The van der Waals surface area contributed by atoms with Crippen LogP contribution in [0.25, 0.3) is 10.9 Å². The molecule has 0 amide bonds. The predicted octanol–water partition coefficient (Wildman–Crippen LogP) is 2.71. The molecule has 1 aliphatic rings. The first kappa shape index (κ1) is 13.6. The van der Waals surface area contributed by atoms with Crippen LogP contribution in [0.4, 0.5) is 0 Å². The van der Waals surface area contributed by atoms with E-state index in [4.69, 9.17) is 4.74 Å². The Labute approximate surface area is 120 Å². The smallest absolute Gasteiger partial charge is 0.0685 e. The standard InChI is InChI=1S/C16H23N3O/c1-2-20-12-11-18-9-7-15(8-10-18)19-16-6-4-3-5-14(16)13-17-19/h3-6,13,15H,2,7-12H2,1H3. The van der Waals surface area contributed by atoms with Gasteiger partial charge in [0.05, 0.1) is 24.4 Å². The highest BCUT2D eigenvalue weighted by Crippen LogP contribution is 2.25. The molecule has 0 saturated carbocycles. The van der Waals surface area contributed by atoms with Crippen molar-refractivity contribution in [3.8, 4) is 0 Å². The number of rotatable bonds is 5. The lowest BCUT2D eigenvalue weighted by atomic mass is 10.1. The Balaban J connectivity index is 1.60. The highest BCUT2D eigenvalue weighted by molar-refractivity contribution is 5.78. The molecule has 1 aromatic heterocycles. The number of nitrogens with zero attached hydrogens (tertiary/aromatic N) is 3. The number of likely N-dealkylation sites (tertiary alicyclic amines) is 1. The van der Waals surface area contributed by atoms with Gasteiger partial charge in [-0.15, -0.1) is 0 Å². The van der Waals surface area contributed by atoms with Gasteiger partial charge in [-0.2, -0.15) is 5.10 Å². The van der Waals surface area contributed by atoms with E-state index >= 15 is 0 Å². The summed E-state index contributed by atoms with van der Waals surface area (Å²) in [6.07, 6.45) is 4.34. The zero-order valence-corrected chi connectivity index (χ0v) is 12.2. The van der Waals surface area contributed by atoms with Gasteiger partial charge in [0, 0.05) is 31.6 Å². The van der Waals surface area contributed by atoms with Gasteiger partial charge in [-0.25, -0.2) is 0 Å². The molecule has 0 spiro atoms. The molecular weight excluding hydrogens is 250 g/mol. The number of para-hydroxylation sites is 1. The number of hydrogen-bond donors (Lipinski definition) is 0. The Hall–Kier alpha value is -1.39. The first-order chi connectivity index (χ1) is 9.88. The molecule has 1 saturated heterocycles. The van der Waals surface area contributed by atoms with E-state index in [2.05, 4.69) is 45.9 Å². The van der Waals surface area contributed by atoms with Gasteiger partial charge < -0.3 is 9.64 Å². The van der Waals surface area contributed by atoms with E-state index in [1.54, 1.807) is 0 Å². The fourth-order valence-corrected chi connectivity index (χ4v) is 3.01. The van der Waals surface area contributed by atoms with E-state index in [1.807, 2.05) is 6.20 Å². The van der Waals surface area contributed by atoms with Crippen molar-refractivity contribution in [2.45, 2.75) is 25.8 Å². The zero-order chi connectivity index (χ0) is 13.8. The summed E-state index contributed by atoms with van der Waals surface area (Å²) < 4.78 is 7.65. The molecule has 4 heteroatoms. The van der Waals surface area contributed by atoms with Crippen molar-refractivity contribution >= 4 is 10.9 Å². The van der Waals surface area contributed by atoms with Crippen LogP contribution in [-0.2, 0) is 4.74 Å². The lowest BCUT2D eigenvalue weighted by Gasteiger charge is -2.32. The Bertz CT molecular complexity index is 543. The molecule has 20 heavy (non-hydrogen) atoms. The maximum Gasteiger partial charge on any atom is 0.0685 e. The lowest BCUT2D eigenvalue weighted by Crippen LogP contribution is -2.37. The number of benzene rings is 1. The Morgan fingerprint density at radius 3 is 2.85 bits per heavy atom. The van der Waals surface area contributed by atoms with Crippen LogP contribution in [0.2, 0.25) is 0 Å². The van der Waals surface area contributed by atoms with Crippen LogP contribution < -0.4 is 0 Å². The summed E-state index contributed by atoms with van der Waals surface area (Å²) >= 11 is 0. The molecule has 3 rings (SSSR count). The average Bonchev–Trinajstić information content (AvgIpc) is 2.92. The van der Waals surface area contributed by atoms with Crippen molar-refractivity contribution in [3.63, 3.8) is 0 Å². The maximum absolute atomic E-state index is 5.43. The Morgan fingerprint density at radius 1 is 1.25 bits per heavy atom. The average molecular weight is 273 g/mol. The van der Waals surface area contributed by atoms with Gasteiger partial charge >= 0.3 is 0 Å². The first-order valence-corrected chi connectivity index (χ1v) is 7.61. The number of ether oxygens (including phenoxy) is 1. The molecule has 0 aliphatic carbocycles. The van der Waals surface area contributed by atoms with Gasteiger partial charge in [0.25, 0.3) is 0 Å². The molecule has 1 fully saturated rings. The molecular formula is C16H23N3O. The minimum atomic E-state index is 0.540. The summed E-state index contributed by atoms with van der Waals surface area (Å²) in [5.74, 6) is 0. The normalized spacial score (nSPS) is 17.9. The van der Waals surface area contributed by atoms with Crippen LogP contribution in [0.1, 0.15) is 25.8 Å². The van der Waals surface area contributed by atoms with Crippen LogP contribution in [0.5, 0.6) is 0 Å². The van der Waals surface area contributed by atoms with Crippen molar-refractivity contribution < 1.29 is 4.74 Å². The minimum Gasteiger partial charge on any atom is -0.380 e. The molecule has 108 valence electrons. The summed E-state index contributed by atoms with van der Waals surface area (Å²) in [5.41, 5.74) is 1.26. The van der Waals surface area contributed by atoms with Gasteiger partial charge in [-0.05, 0) is 25.8 Å². The van der Waals surface area contributed by atoms with Crippen molar-refractivity contribution in [1.82, 2.24) is 14.7 Å². The highest BCUT2D eigenvalue weighted by atomic mass is 16.5. The van der Waals surface area contributed by atoms with Gasteiger partial charge in [-0.3, -0.25) is 4.68 Å². The van der Waals surface area contributed by atoms with E-state index in [0.29, 0.717) is 6.04 Å². The molecule has 4 nitrogen and oxygen atoms in total. The van der Waals surface area contributed by atoms with Gasteiger partial charge in [0.1, 0.15) is 0 Å². The monoisotopic (exact) mass is 273 g/mol. The second kappa shape index (κ2) is 6.37. The topological polar surface area (TPSA) is 30.3 Å². The van der Waals surface area contributed by atoms with E-state index in [9.17, 15) is 0 Å². The van der Waals surface area contributed by atoms with Crippen LogP contribution in [0.3, 0.4) is 0 Å². The van der Waals surface area contributed by atoms with Crippen LogP contribution in [0, 0.1) is 0 Å². The molecule has 2 aromatic rings. The largest absolute Gasteiger partial charge is 0.380 e. The van der Waals surface area contributed by atoms with Crippen LogP contribution in [0.15, 0.2) is 30.5 Å². The van der Waals surface area contributed by atoms with Gasteiger partial charge in [0.2, 0.25) is 0 Å². The lowest BCUT2D eigenvalue weighted by molar-refractivity contribution is 0.0959. The number of aromatic nitrogens is 2. The molecule has 0 atom stereocenters. The molecule has 2 heterocycles. The molecule has 0 radical (unpaired) electrons. The summed E-state index contributed by atoms with van der Waals surface area (Å²) in [4.78, 5) is 2.50. The number of hydrogen-bond acceptors (Lipinski definition) is 3. The second-order valence-electron chi connectivity index (χ2n) is 5.42.